The summed E-state index contributed by atoms with van der Waals surface area (Å²) in [7, 11) is 0. The highest BCUT2D eigenvalue weighted by Crippen LogP contribution is 2.11. The summed E-state index contributed by atoms with van der Waals surface area (Å²) in [6.45, 7) is 4.89. The zero-order chi connectivity index (χ0) is 13.8. The summed E-state index contributed by atoms with van der Waals surface area (Å²) in [5.74, 6) is -0.895. The van der Waals surface area contributed by atoms with Crippen molar-refractivity contribution >= 4 is 5.97 Å². The number of rotatable bonds is 5. The summed E-state index contributed by atoms with van der Waals surface area (Å²) in [5, 5.41) is 13.4. The van der Waals surface area contributed by atoms with E-state index >= 15 is 0 Å². The predicted octanol–water partition coefficient (Wildman–Crippen LogP) is 2.75. The largest absolute Gasteiger partial charge is 0.478 e. The molecule has 0 aliphatic rings. The highest BCUT2D eigenvalue weighted by molar-refractivity contribution is 5.87. The summed E-state index contributed by atoms with van der Waals surface area (Å²) in [4.78, 5) is 10.8. The van der Waals surface area contributed by atoms with Gasteiger partial charge < -0.3 is 5.11 Å². The molecule has 100 valence electrons. The van der Waals surface area contributed by atoms with Crippen LogP contribution in [0.3, 0.4) is 0 Å². The van der Waals surface area contributed by atoms with Gasteiger partial charge in [-0.25, -0.2) is 4.79 Å². The van der Waals surface area contributed by atoms with E-state index in [2.05, 4.69) is 25.0 Å². The fraction of sp³-hybridized carbons (Fsp3) is 0.333. The second-order valence-electron chi connectivity index (χ2n) is 4.49. The number of carboxylic acids is 1. The van der Waals surface area contributed by atoms with Crippen LogP contribution in [0.1, 0.15) is 41.2 Å². The van der Waals surface area contributed by atoms with Gasteiger partial charge in [0.25, 0.3) is 0 Å². The third kappa shape index (κ3) is 3.02. The van der Waals surface area contributed by atoms with E-state index in [0.29, 0.717) is 12.1 Å². The van der Waals surface area contributed by atoms with Crippen molar-refractivity contribution in [3.63, 3.8) is 0 Å². The third-order valence-corrected chi connectivity index (χ3v) is 3.17. The smallest absolute Gasteiger partial charge is 0.335 e. The third-order valence-electron chi connectivity index (χ3n) is 3.17. The van der Waals surface area contributed by atoms with Gasteiger partial charge in [-0.2, -0.15) is 5.10 Å². The van der Waals surface area contributed by atoms with E-state index < -0.39 is 5.97 Å². The number of aromatic carboxylic acids is 1. The zero-order valence-corrected chi connectivity index (χ0v) is 11.3. The van der Waals surface area contributed by atoms with E-state index in [-0.39, 0.29) is 0 Å². The average molecular weight is 258 g/mol. The van der Waals surface area contributed by atoms with Crippen molar-refractivity contribution < 1.29 is 9.90 Å². The molecule has 0 atom stereocenters. The highest BCUT2D eigenvalue weighted by Gasteiger charge is 2.07. The van der Waals surface area contributed by atoms with E-state index in [4.69, 9.17) is 5.11 Å². The van der Waals surface area contributed by atoms with E-state index in [0.717, 1.165) is 24.1 Å². The Kier molecular flexibility index (Phi) is 4.00. The fourth-order valence-corrected chi connectivity index (χ4v) is 2.03. The second kappa shape index (κ2) is 5.69. The Hall–Kier alpha value is -2.10. The second-order valence-corrected chi connectivity index (χ2v) is 4.49. The van der Waals surface area contributed by atoms with Crippen LogP contribution in [0.4, 0.5) is 0 Å². The van der Waals surface area contributed by atoms with Gasteiger partial charge in [0.2, 0.25) is 0 Å². The van der Waals surface area contributed by atoms with Gasteiger partial charge >= 0.3 is 5.97 Å². The molecule has 1 aromatic heterocycles. The van der Waals surface area contributed by atoms with Crippen LogP contribution in [0, 0.1) is 0 Å². The van der Waals surface area contributed by atoms with Gasteiger partial charge in [-0.3, -0.25) is 4.68 Å². The van der Waals surface area contributed by atoms with E-state index in [9.17, 15) is 4.79 Å². The van der Waals surface area contributed by atoms with Crippen LogP contribution in [0.2, 0.25) is 0 Å². The Labute approximate surface area is 112 Å². The quantitative estimate of drug-likeness (QED) is 0.897. The molecule has 0 saturated heterocycles. The van der Waals surface area contributed by atoms with Crippen LogP contribution >= 0.6 is 0 Å². The first-order chi connectivity index (χ1) is 9.13. The lowest BCUT2D eigenvalue weighted by atomic mass is 10.1. The molecule has 0 fully saturated rings. The maximum absolute atomic E-state index is 10.8. The molecule has 0 radical (unpaired) electrons. The summed E-state index contributed by atoms with van der Waals surface area (Å²) in [5.41, 5.74) is 3.68. The van der Waals surface area contributed by atoms with Crippen LogP contribution in [0.25, 0.3) is 0 Å². The van der Waals surface area contributed by atoms with Gasteiger partial charge in [-0.15, -0.1) is 0 Å². The monoisotopic (exact) mass is 258 g/mol. The lowest BCUT2D eigenvalue weighted by Crippen LogP contribution is -2.06. The minimum atomic E-state index is -0.895. The Morgan fingerprint density at radius 1 is 1.21 bits per heavy atom. The number of hydrogen-bond acceptors (Lipinski definition) is 2. The number of aromatic nitrogens is 2. The van der Waals surface area contributed by atoms with Crippen molar-refractivity contribution in [1.82, 2.24) is 9.78 Å². The lowest BCUT2D eigenvalue weighted by molar-refractivity contribution is 0.0697. The first-order valence-corrected chi connectivity index (χ1v) is 6.51. The molecule has 0 aliphatic heterocycles. The zero-order valence-electron chi connectivity index (χ0n) is 11.3. The molecule has 1 N–H and O–H groups in total. The molecule has 1 heterocycles. The van der Waals surface area contributed by atoms with Crippen LogP contribution in [0.5, 0.6) is 0 Å². The van der Waals surface area contributed by atoms with E-state index in [1.54, 1.807) is 12.1 Å². The molecule has 0 spiro atoms. The summed E-state index contributed by atoms with van der Waals surface area (Å²) >= 11 is 0. The van der Waals surface area contributed by atoms with Crippen LogP contribution in [-0.4, -0.2) is 20.9 Å². The summed E-state index contributed by atoms with van der Waals surface area (Å²) in [6.07, 6.45) is 1.87. The number of carboxylic acid groups (broad SMARTS) is 1. The number of nitrogens with zero attached hydrogens (tertiary/aromatic N) is 2. The average Bonchev–Trinajstić information content (AvgIpc) is 2.81. The number of hydrogen-bond donors (Lipinski definition) is 1. The van der Waals surface area contributed by atoms with Gasteiger partial charge in [-0.1, -0.05) is 26.0 Å². The standard InChI is InChI=1S/C15H18N2O2/c1-3-13-9-14(4-2)17(16-13)10-11-5-7-12(8-6-11)15(18)19/h5-9H,3-4,10H2,1-2H3,(H,18,19). The normalized spacial score (nSPS) is 10.6. The fourth-order valence-electron chi connectivity index (χ4n) is 2.03. The number of carbonyl (C=O) groups is 1. The molecule has 0 bridgehead atoms. The minimum absolute atomic E-state index is 0.314. The Morgan fingerprint density at radius 2 is 1.89 bits per heavy atom. The molecule has 2 rings (SSSR count). The number of benzene rings is 1. The minimum Gasteiger partial charge on any atom is -0.478 e. The van der Waals surface area contributed by atoms with E-state index in [1.807, 2.05) is 16.8 Å². The SMILES string of the molecule is CCc1cc(CC)n(Cc2ccc(C(=O)O)cc2)n1. The first kappa shape index (κ1) is 13.3. The van der Waals surface area contributed by atoms with Crippen molar-refractivity contribution in [2.24, 2.45) is 0 Å². The number of aryl methyl sites for hydroxylation is 2. The topological polar surface area (TPSA) is 55.1 Å². The van der Waals surface area contributed by atoms with Gasteiger partial charge in [0.1, 0.15) is 0 Å². The molecule has 4 heteroatoms. The lowest BCUT2D eigenvalue weighted by Gasteiger charge is -2.06. The van der Waals surface area contributed by atoms with Gasteiger partial charge in [0.05, 0.1) is 17.8 Å². The molecule has 0 saturated carbocycles. The van der Waals surface area contributed by atoms with Crippen LogP contribution in [-0.2, 0) is 19.4 Å². The summed E-state index contributed by atoms with van der Waals surface area (Å²) < 4.78 is 1.99. The summed E-state index contributed by atoms with van der Waals surface area (Å²) in [6, 6.07) is 9.08. The Morgan fingerprint density at radius 3 is 2.42 bits per heavy atom. The molecule has 1 aromatic carbocycles. The molecule has 0 unspecified atom stereocenters. The molecule has 19 heavy (non-hydrogen) atoms. The van der Waals surface area contributed by atoms with Crippen LogP contribution in [0.15, 0.2) is 30.3 Å². The molecular weight excluding hydrogens is 240 g/mol. The van der Waals surface area contributed by atoms with Gasteiger partial charge in [-0.05, 0) is 36.6 Å². The van der Waals surface area contributed by atoms with Crippen molar-refractivity contribution in [2.45, 2.75) is 33.2 Å². The van der Waals surface area contributed by atoms with Gasteiger partial charge in [0, 0.05) is 5.69 Å². The molecule has 0 aliphatic carbocycles. The maximum Gasteiger partial charge on any atom is 0.335 e. The van der Waals surface area contributed by atoms with Crippen molar-refractivity contribution in [3.8, 4) is 0 Å². The molecule has 4 nitrogen and oxygen atoms in total. The predicted molar refractivity (Wildman–Crippen MR) is 73.5 cm³/mol. The van der Waals surface area contributed by atoms with Crippen molar-refractivity contribution in [1.29, 1.82) is 0 Å². The Bertz CT molecular complexity index is 570. The van der Waals surface area contributed by atoms with Crippen LogP contribution < -0.4 is 0 Å². The molecule has 2 aromatic rings. The van der Waals surface area contributed by atoms with Crippen molar-refractivity contribution in [3.05, 3.63) is 52.8 Å². The van der Waals surface area contributed by atoms with Crippen molar-refractivity contribution in [2.75, 3.05) is 0 Å². The Balaban J connectivity index is 2.20. The molecular formula is C15H18N2O2. The first-order valence-electron chi connectivity index (χ1n) is 6.51. The maximum atomic E-state index is 10.8. The highest BCUT2D eigenvalue weighted by atomic mass is 16.4. The molecule has 0 amide bonds. The van der Waals surface area contributed by atoms with E-state index in [1.165, 1.54) is 5.69 Å². The van der Waals surface area contributed by atoms with Gasteiger partial charge in [0.15, 0.2) is 0 Å².